The molecule has 0 saturated carbocycles. The molecule has 0 spiro atoms. The minimum Gasteiger partial charge on any atom is -0.481 e. The summed E-state index contributed by atoms with van der Waals surface area (Å²) >= 11 is 0. The Morgan fingerprint density at radius 1 is 1.44 bits per heavy atom. The Bertz CT molecular complexity index is 460. The van der Waals surface area contributed by atoms with Gasteiger partial charge in [0.1, 0.15) is 0 Å². The molecule has 1 heterocycles. The zero-order valence-electron chi connectivity index (χ0n) is 10.5. The van der Waals surface area contributed by atoms with Crippen LogP contribution in [-0.2, 0) is 20.7 Å². The maximum Gasteiger partial charge on any atom is 0.323 e. The highest BCUT2D eigenvalue weighted by Gasteiger charge is 2.43. The average molecular weight is 253 g/mol. The van der Waals surface area contributed by atoms with E-state index < -0.39 is 17.4 Å². The Hall–Kier alpha value is -2.11. The van der Waals surface area contributed by atoms with E-state index in [9.17, 15) is 14.7 Å². The van der Waals surface area contributed by atoms with E-state index in [-0.39, 0.29) is 6.42 Å². The van der Waals surface area contributed by atoms with Crippen molar-refractivity contribution < 1.29 is 24.2 Å². The molecule has 1 aromatic rings. The van der Waals surface area contributed by atoms with Crippen LogP contribution in [0.25, 0.3) is 0 Å². The Balaban J connectivity index is 3.12. The molecule has 6 heteroatoms. The highest BCUT2D eigenvalue weighted by Crippen LogP contribution is 2.28. The molecule has 98 valence electrons. The number of carbonyl (C=O) groups is 2. The molecule has 6 nitrogen and oxygen atoms in total. The number of carboxylic acid groups (broad SMARTS) is 1. The molecule has 1 aromatic heterocycles. The van der Waals surface area contributed by atoms with E-state index in [2.05, 4.69) is 9.72 Å². The highest BCUT2D eigenvalue weighted by molar-refractivity contribution is 5.99. The molecule has 0 fully saturated rings. The van der Waals surface area contributed by atoms with Gasteiger partial charge in [-0.2, -0.15) is 0 Å². The fourth-order valence-electron chi connectivity index (χ4n) is 1.58. The smallest absolute Gasteiger partial charge is 0.323 e. The summed E-state index contributed by atoms with van der Waals surface area (Å²) < 4.78 is 9.57. The number of ether oxygens (including phenoxy) is 2. The molecule has 0 aliphatic rings. The van der Waals surface area contributed by atoms with Gasteiger partial charge in [0.05, 0.1) is 14.2 Å². The molecule has 0 radical (unpaired) electrons. The van der Waals surface area contributed by atoms with Crippen LogP contribution in [0.4, 0.5) is 0 Å². The lowest BCUT2D eigenvalue weighted by atomic mass is 9.84. The minimum absolute atomic E-state index is 0.0496. The highest BCUT2D eigenvalue weighted by atomic mass is 16.5. The Morgan fingerprint density at radius 3 is 2.61 bits per heavy atom. The predicted molar refractivity (Wildman–Crippen MR) is 62.3 cm³/mol. The van der Waals surface area contributed by atoms with E-state index in [1.54, 1.807) is 12.1 Å². The molecule has 0 bridgehead atoms. The maximum absolute atomic E-state index is 11.6. The fraction of sp³-hybridized carbons (Fsp3) is 0.417. The van der Waals surface area contributed by atoms with Crippen molar-refractivity contribution in [3.63, 3.8) is 0 Å². The summed E-state index contributed by atoms with van der Waals surface area (Å²) in [6.07, 6.45) is 1.48. The largest absolute Gasteiger partial charge is 0.481 e. The van der Waals surface area contributed by atoms with Gasteiger partial charge in [0.15, 0.2) is 5.41 Å². The van der Waals surface area contributed by atoms with Crippen molar-refractivity contribution in [2.24, 2.45) is 5.41 Å². The van der Waals surface area contributed by atoms with Crippen LogP contribution in [-0.4, -0.2) is 36.2 Å². The number of pyridine rings is 1. The van der Waals surface area contributed by atoms with Crippen LogP contribution in [0.1, 0.15) is 12.5 Å². The van der Waals surface area contributed by atoms with Crippen LogP contribution < -0.4 is 4.74 Å². The SMILES string of the molecule is COC(=O)C(C)(Cc1cccnc1OC)C(=O)O. The number of carboxylic acids is 1. The Morgan fingerprint density at radius 2 is 2.11 bits per heavy atom. The van der Waals surface area contributed by atoms with Crippen molar-refractivity contribution >= 4 is 11.9 Å². The van der Waals surface area contributed by atoms with Crippen molar-refractivity contribution in [3.05, 3.63) is 23.9 Å². The lowest BCUT2D eigenvalue weighted by Gasteiger charge is -2.22. The van der Waals surface area contributed by atoms with Gasteiger partial charge in [0.2, 0.25) is 5.88 Å². The van der Waals surface area contributed by atoms with Crippen LogP contribution in [0.2, 0.25) is 0 Å². The second-order valence-corrected chi connectivity index (χ2v) is 3.98. The van der Waals surface area contributed by atoms with Crippen LogP contribution in [0.3, 0.4) is 0 Å². The monoisotopic (exact) mass is 253 g/mol. The van der Waals surface area contributed by atoms with Crippen LogP contribution >= 0.6 is 0 Å². The molecular formula is C12H15NO5. The third-order valence-corrected chi connectivity index (χ3v) is 2.70. The van der Waals surface area contributed by atoms with Gasteiger partial charge in [-0.3, -0.25) is 9.59 Å². The van der Waals surface area contributed by atoms with Crippen LogP contribution in [0, 0.1) is 5.41 Å². The van der Waals surface area contributed by atoms with Crippen molar-refractivity contribution in [1.82, 2.24) is 4.98 Å². The third kappa shape index (κ3) is 2.58. The number of rotatable bonds is 5. The van der Waals surface area contributed by atoms with Crippen molar-refractivity contribution in [3.8, 4) is 5.88 Å². The molecule has 0 aliphatic carbocycles. The minimum atomic E-state index is -1.66. The van der Waals surface area contributed by atoms with Gasteiger partial charge in [0.25, 0.3) is 0 Å². The van der Waals surface area contributed by atoms with Gasteiger partial charge < -0.3 is 14.6 Å². The van der Waals surface area contributed by atoms with Gasteiger partial charge >= 0.3 is 11.9 Å². The maximum atomic E-state index is 11.6. The molecule has 1 rings (SSSR count). The summed E-state index contributed by atoms with van der Waals surface area (Å²) in [5.74, 6) is -1.75. The van der Waals surface area contributed by atoms with Gasteiger partial charge in [0, 0.05) is 18.2 Å². The summed E-state index contributed by atoms with van der Waals surface area (Å²) in [7, 11) is 2.59. The van der Waals surface area contributed by atoms with E-state index in [1.165, 1.54) is 20.2 Å². The van der Waals surface area contributed by atoms with E-state index in [0.717, 1.165) is 7.11 Å². The van der Waals surface area contributed by atoms with Crippen LogP contribution in [0.5, 0.6) is 5.88 Å². The number of methoxy groups -OCH3 is 2. The summed E-state index contributed by atoms with van der Waals surface area (Å²) in [5, 5.41) is 9.20. The first kappa shape index (κ1) is 14.0. The molecule has 1 atom stereocenters. The molecule has 0 saturated heterocycles. The quantitative estimate of drug-likeness (QED) is 0.619. The Labute approximate surface area is 105 Å². The summed E-state index contributed by atoms with van der Waals surface area (Å²) in [5.41, 5.74) is -1.12. The third-order valence-electron chi connectivity index (χ3n) is 2.70. The topological polar surface area (TPSA) is 85.7 Å². The lowest BCUT2D eigenvalue weighted by molar-refractivity contribution is -0.165. The number of aromatic nitrogens is 1. The van der Waals surface area contributed by atoms with E-state index in [1.807, 2.05) is 0 Å². The first-order valence-electron chi connectivity index (χ1n) is 5.25. The number of hydrogen-bond acceptors (Lipinski definition) is 5. The first-order chi connectivity index (χ1) is 8.45. The second-order valence-electron chi connectivity index (χ2n) is 3.98. The lowest BCUT2D eigenvalue weighted by Crippen LogP contribution is -2.39. The fourth-order valence-corrected chi connectivity index (χ4v) is 1.58. The van der Waals surface area contributed by atoms with Gasteiger partial charge in [-0.05, 0) is 13.0 Å². The van der Waals surface area contributed by atoms with Gasteiger partial charge in [-0.25, -0.2) is 4.98 Å². The number of nitrogens with zero attached hydrogens (tertiary/aromatic N) is 1. The molecule has 0 aliphatic heterocycles. The summed E-state index contributed by atoms with van der Waals surface area (Å²) in [6, 6.07) is 3.31. The normalized spacial score (nSPS) is 13.5. The number of hydrogen-bond donors (Lipinski definition) is 1. The number of carbonyl (C=O) groups excluding carboxylic acids is 1. The molecule has 0 aromatic carbocycles. The van der Waals surface area contributed by atoms with Crippen molar-refractivity contribution in [2.75, 3.05) is 14.2 Å². The zero-order chi connectivity index (χ0) is 13.8. The van der Waals surface area contributed by atoms with Crippen molar-refractivity contribution in [2.45, 2.75) is 13.3 Å². The summed E-state index contributed by atoms with van der Waals surface area (Å²) in [6.45, 7) is 1.31. The van der Waals surface area contributed by atoms with E-state index in [0.29, 0.717) is 11.4 Å². The Kier molecular flexibility index (Phi) is 4.25. The van der Waals surface area contributed by atoms with E-state index >= 15 is 0 Å². The molecule has 1 unspecified atom stereocenters. The average Bonchev–Trinajstić information content (AvgIpc) is 2.37. The van der Waals surface area contributed by atoms with Crippen molar-refractivity contribution in [1.29, 1.82) is 0 Å². The van der Waals surface area contributed by atoms with Gasteiger partial charge in [-0.15, -0.1) is 0 Å². The predicted octanol–water partition coefficient (Wildman–Crippen LogP) is 0.897. The standard InChI is InChI=1S/C12H15NO5/c1-12(10(14)15,11(16)18-3)7-8-5-4-6-13-9(8)17-2/h4-6H,7H2,1-3H3,(H,14,15). The molecule has 18 heavy (non-hydrogen) atoms. The van der Waals surface area contributed by atoms with Gasteiger partial charge in [-0.1, -0.05) is 6.07 Å². The van der Waals surface area contributed by atoms with Crippen LogP contribution in [0.15, 0.2) is 18.3 Å². The molecule has 1 N–H and O–H groups in total. The number of esters is 1. The number of aliphatic carboxylic acids is 1. The first-order valence-corrected chi connectivity index (χ1v) is 5.25. The summed E-state index contributed by atoms with van der Waals surface area (Å²) in [4.78, 5) is 26.8. The zero-order valence-corrected chi connectivity index (χ0v) is 10.5. The second kappa shape index (κ2) is 5.48. The van der Waals surface area contributed by atoms with E-state index in [4.69, 9.17) is 4.74 Å². The molecular weight excluding hydrogens is 238 g/mol. The molecule has 0 amide bonds.